The fourth-order valence-electron chi connectivity index (χ4n) is 2.57. The van der Waals surface area contributed by atoms with Crippen LogP contribution in [0.3, 0.4) is 0 Å². The van der Waals surface area contributed by atoms with Crippen LogP contribution < -0.4 is 0 Å². The van der Waals surface area contributed by atoms with E-state index in [9.17, 15) is 5.11 Å². The van der Waals surface area contributed by atoms with E-state index in [4.69, 9.17) is 0 Å². The largest absolute Gasteiger partial charge is 0.389 e. The Balaban J connectivity index is 1.84. The van der Waals surface area contributed by atoms with E-state index < -0.39 is 5.60 Å². The molecule has 1 N–H and O–H groups in total. The smallest absolute Gasteiger partial charge is 0.138 e. The number of hydrogen-bond acceptors (Lipinski definition) is 3. The molecule has 2 aromatic rings. The Bertz CT molecular complexity index is 522. The van der Waals surface area contributed by atoms with Gasteiger partial charge in [-0.25, -0.2) is 4.98 Å². The van der Waals surface area contributed by atoms with E-state index in [-0.39, 0.29) is 0 Å². The minimum atomic E-state index is -0.704. The van der Waals surface area contributed by atoms with Gasteiger partial charge in [0.1, 0.15) is 12.2 Å². The molecular weight excluding hydrogens is 214 g/mol. The summed E-state index contributed by atoms with van der Waals surface area (Å²) in [4.78, 5) is 4.18. The monoisotopic (exact) mass is 229 g/mol. The zero-order chi connectivity index (χ0) is 11.9. The van der Waals surface area contributed by atoms with Gasteiger partial charge in [0.2, 0.25) is 0 Å². The van der Waals surface area contributed by atoms with Crippen LogP contribution in [0.15, 0.2) is 30.6 Å². The highest BCUT2D eigenvalue weighted by molar-refractivity contribution is 5.35. The minimum Gasteiger partial charge on any atom is -0.389 e. The van der Waals surface area contributed by atoms with Crippen molar-refractivity contribution in [1.29, 1.82) is 0 Å². The lowest BCUT2D eigenvalue weighted by Gasteiger charge is -2.21. The fraction of sp³-hybridized carbons (Fsp3) is 0.385. The van der Waals surface area contributed by atoms with Crippen molar-refractivity contribution in [1.82, 2.24) is 14.8 Å². The molecule has 4 heteroatoms. The molecule has 1 aliphatic rings. The number of nitrogens with zero attached hydrogens (tertiary/aromatic N) is 3. The van der Waals surface area contributed by atoms with Crippen molar-refractivity contribution < 1.29 is 5.11 Å². The number of fused-ring (bicyclic) bond motifs is 1. The number of aliphatic hydroxyl groups is 1. The maximum absolute atomic E-state index is 10.6. The third-order valence-corrected chi connectivity index (χ3v) is 3.45. The van der Waals surface area contributed by atoms with Gasteiger partial charge >= 0.3 is 0 Å². The van der Waals surface area contributed by atoms with Gasteiger partial charge in [0.15, 0.2) is 0 Å². The molecule has 17 heavy (non-hydrogen) atoms. The first-order valence-electron chi connectivity index (χ1n) is 5.78. The summed E-state index contributed by atoms with van der Waals surface area (Å²) in [6.45, 7) is 0. The quantitative estimate of drug-likeness (QED) is 0.832. The summed E-state index contributed by atoms with van der Waals surface area (Å²) in [5.41, 5.74) is 1.79. The Labute approximate surface area is 99.9 Å². The van der Waals surface area contributed by atoms with Gasteiger partial charge in [-0.15, -0.1) is 0 Å². The highest BCUT2D eigenvalue weighted by Crippen LogP contribution is 2.31. The normalized spacial score (nSPS) is 17.1. The SMILES string of the molecule is Cn1ncnc1CC1(O)Cc2ccccc2C1. The van der Waals surface area contributed by atoms with E-state index in [0.717, 1.165) is 5.82 Å². The first-order chi connectivity index (χ1) is 8.16. The molecule has 1 aliphatic carbocycles. The topological polar surface area (TPSA) is 50.9 Å². The van der Waals surface area contributed by atoms with E-state index in [1.165, 1.54) is 17.5 Å². The molecule has 0 unspecified atom stereocenters. The van der Waals surface area contributed by atoms with Gasteiger partial charge in [-0.3, -0.25) is 4.68 Å². The number of benzene rings is 1. The number of aryl methyl sites for hydroxylation is 1. The molecule has 3 rings (SSSR count). The molecule has 0 aliphatic heterocycles. The van der Waals surface area contributed by atoms with Crippen LogP contribution in [0.25, 0.3) is 0 Å². The van der Waals surface area contributed by atoms with Gasteiger partial charge in [0, 0.05) is 26.3 Å². The Morgan fingerprint density at radius 3 is 2.47 bits per heavy atom. The predicted molar refractivity (Wildman–Crippen MR) is 63.5 cm³/mol. The highest BCUT2D eigenvalue weighted by atomic mass is 16.3. The lowest BCUT2D eigenvalue weighted by Crippen LogP contribution is -2.33. The number of aromatic nitrogens is 3. The molecule has 0 saturated carbocycles. The third-order valence-electron chi connectivity index (χ3n) is 3.45. The van der Waals surface area contributed by atoms with Gasteiger partial charge < -0.3 is 5.11 Å². The van der Waals surface area contributed by atoms with Crippen LogP contribution in [-0.4, -0.2) is 25.5 Å². The zero-order valence-corrected chi connectivity index (χ0v) is 9.80. The third kappa shape index (κ3) is 1.85. The standard InChI is InChI=1S/C13H15N3O/c1-16-12(14-9-15-16)8-13(17)6-10-4-2-3-5-11(10)7-13/h2-5,9,17H,6-8H2,1H3. The summed E-state index contributed by atoms with van der Waals surface area (Å²) in [6.07, 6.45) is 3.49. The van der Waals surface area contributed by atoms with Crippen molar-refractivity contribution >= 4 is 0 Å². The van der Waals surface area contributed by atoms with Crippen molar-refractivity contribution in [2.45, 2.75) is 24.9 Å². The molecule has 0 saturated heterocycles. The maximum Gasteiger partial charge on any atom is 0.138 e. The Morgan fingerprint density at radius 1 is 1.29 bits per heavy atom. The summed E-state index contributed by atoms with van der Waals surface area (Å²) in [7, 11) is 1.85. The van der Waals surface area contributed by atoms with E-state index in [0.29, 0.717) is 19.3 Å². The van der Waals surface area contributed by atoms with Crippen molar-refractivity contribution in [3.05, 3.63) is 47.5 Å². The Hall–Kier alpha value is -1.68. The van der Waals surface area contributed by atoms with Crippen LogP contribution in [-0.2, 0) is 26.3 Å². The van der Waals surface area contributed by atoms with E-state index in [1.807, 2.05) is 19.2 Å². The van der Waals surface area contributed by atoms with Gasteiger partial charge in [-0.1, -0.05) is 24.3 Å². The maximum atomic E-state index is 10.6. The van der Waals surface area contributed by atoms with Crippen molar-refractivity contribution in [3.8, 4) is 0 Å². The molecule has 0 bridgehead atoms. The van der Waals surface area contributed by atoms with Crippen molar-refractivity contribution in [2.24, 2.45) is 7.05 Å². The summed E-state index contributed by atoms with van der Waals surface area (Å²) >= 11 is 0. The molecule has 1 heterocycles. The summed E-state index contributed by atoms with van der Waals surface area (Å²) in [5.74, 6) is 0.834. The zero-order valence-electron chi connectivity index (χ0n) is 9.80. The average molecular weight is 229 g/mol. The summed E-state index contributed by atoms with van der Waals surface area (Å²) in [6, 6.07) is 8.22. The molecule has 1 aromatic carbocycles. The van der Waals surface area contributed by atoms with Gasteiger partial charge in [-0.05, 0) is 11.1 Å². The Kier molecular flexibility index (Phi) is 2.26. The second kappa shape index (κ2) is 3.67. The van der Waals surface area contributed by atoms with Crippen LogP contribution in [0.5, 0.6) is 0 Å². The van der Waals surface area contributed by atoms with Crippen LogP contribution in [0, 0.1) is 0 Å². The van der Waals surface area contributed by atoms with Crippen molar-refractivity contribution in [3.63, 3.8) is 0 Å². The van der Waals surface area contributed by atoms with E-state index >= 15 is 0 Å². The molecule has 1 aromatic heterocycles. The van der Waals surface area contributed by atoms with Crippen LogP contribution in [0.2, 0.25) is 0 Å². The second-order valence-corrected chi connectivity index (χ2v) is 4.82. The minimum absolute atomic E-state index is 0.554. The van der Waals surface area contributed by atoms with E-state index in [1.54, 1.807) is 4.68 Å². The molecule has 0 radical (unpaired) electrons. The highest BCUT2D eigenvalue weighted by Gasteiger charge is 2.36. The second-order valence-electron chi connectivity index (χ2n) is 4.82. The van der Waals surface area contributed by atoms with Crippen LogP contribution >= 0.6 is 0 Å². The summed E-state index contributed by atoms with van der Waals surface area (Å²) < 4.78 is 1.72. The molecule has 0 spiro atoms. The van der Waals surface area contributed by atoms with E-state index in [2.05, 4.69) is 22.2 Å². The number of hydrogen-bond donors (Lipinski definition) is 1. The average Bonchev–Trinajstić information content (AvgIpc) is 2.82. The lowest BCUT2D eigenvalue weighted by molar-refractivity contribution is 0.0489. The molecule has 88 valence electrons. The van der Waals surface area contributed by atoms with Crippen LogP contribution in [0.1, 0.15) is 17.0 Å². The lowest BCUT2D eigenvalue weighted by atomic mass is 9.96. The molecular formula is C13H15N3O. The van der Waals surface area contributed by atoms with Gasteiger partial charge in [-0.2, -0.15) is 5.10 Å². The fourth-order valence-corrected chi connectivity index (χ4v) is 2.57. The van der Waals surface area contributed by atoms with Crippen molar-refractivity contribution in [2.75, 3.05) is 0 Å². The van der Waals surface area contributed by atoms with Gasteiger partial charge in [0.25, 0.3) is 0 Å². The van der Waals surface area contributed by atoms with Crippen LogP contribution in [0.4, 0.5) is 0 Å². The number of rotatable bonds is 2. The van der Waals surface area contributed by atoms with Gasteiger partial charge in [0.05, 0.1) is 5.60 Å². The molecule has 0 amide bonds. The summed E-state index contributed by atoms with van der Waals surface area (Å²) in [5, 5.41) is 14.7. The first kappa shape index (κ1) is 10.5. The molecule has 4 nitrogen and oxygen atoms in total. The molecule has 0 fully saturated rings. The molecule has 0 atom stereocenters. The Morgan fingerprint density at radius 2 is 1.94 bits per heavy atom. The predicted octanol–water partition coefficient (Wildman–Crippen LogP) is 0.888. The first-order valence-corrected chi connectivity index (χ1v) is 5.78.